The van der Waals surface area contributed by atoms with E-state index < -0.39 is 0 Å². The standard InChI is InChI=1S/C11H25N3/c1-13(2)10-7-5-9-14(3)11(10)6-4-8-12/h10-11H,4-9,12H2,1-3H3. The van der Waals surface area contributed by atoms with Gasteiger partial charge in [-0.3, -0.25) is 0 Å². The van der Waals surface area contributed by atoms with Gasteiger partial charge in [0, 0.05) is 12.1 Å². The zero-order valence-electron chi connectivity index (χ0n) is 9.87. The lowest BCUT2D eigenvalue weighted by Gasteiger charge is -2.42. The first-order chi connectivity index (χ1) is 6.66. The first-order valence-corrected chi connectivity index (χ1v) is 5.73. The zero-order valence-corrected chi connectivity index (χ0v) is 9.87. The van der Waals surface area contributed by atoms with Gasteiger partial charge in [0.15, 0.2) is 0 Å². The van der Waals surface area contributed by atoms with Crippen molar-refractivity contribution in [1.82, 2.24) is 9.80 Å². The molecule has 3 heteroatoms. The van der Waals surface area contributed by atoms with Gasteiger partial charge in [0.25, 0.3) is 0 Å². The van der Waals surface area contributed by atoms with Crippen molar-refractivity contribution < 1.29 is 0 Å². The Morgan fingerprint density at radius 2 is 2.14 bits per heavy atom. The smallest absolute Gasteiger partial charge is 0.0248 e. The van der Waals surface area contributed by atoms with Crippen molar-refractivity contribution in [3.05, 3.63) is 0 Å². The molecule has 2 unspecified atom stereocenters. The summed E-state index contributed by atoms with van der Waals surface area (Å²) >= 11 is 0. The van der Waals surface area contributed by atoms with E-state index in [4.69, 9.17) is 5.73 Å². The Morgan fingerprint density at radius 3 is 2.71 bits per heavy atom. The van der Waals surface area contributed by atoms with Crippen molar-refractivity contribution in [3.8, 4) is 0 Å². The molecule has 1 fully saturated rings. The summed E-state index contributed by atoms with van der Waals surface area (Å²) in [6.07, 6.45) is 5.07. The van der Waals surface area contributed by atoms with Gasteiger partial charge >= 0.3 is 0 Å². The number of likely N-dealkylation sites (tertiary alicyclic amines) is 1. The second kappa shape index (κ2) is 5.69. The molecule has 1 aliphatic rings. The maximum Gasteiger partial charge on any atom is 0.0248 e. The monoisotopic (exact) mass is 199 g/mol. The average molecular weight is 199 g/mol. The lowest BCUT2D eigenvalue weighted by molar-refractivity contribution is 0.0777. The lowest BCUT2D eigenvalue weighted by atomic mass is 9.92. The number of piperidine rings is 1. The van der Waals surface area contributed by atoms with Crippen LogP contribution in [0.1, 0.15) is 25.7 Å². The molecule has 1 aliphatic heterocycles. The van der Waals surface area contributed by atoms with Crippen LogP contribution < -0.4 is 5.73 Å². The molecule has 0 aliphatic carbocycles. The van der Waals surface area contributed by atoms with Crippen molar-refractivity contribution in [1.29, 1.82) is 0 Å². The molecule has 0 aromatic carbocycles. The van der Waals surface area contributed by atoms with Crippen molar-refractivity contribution in [2.75, 3.05) is 34.2 Å². The van der Waals surface area contributed by atoms with Crippen molar-refractivity contribution >= 4 is 0 Å². The van der Waals surface area contributed by atoms with E-state index in [2.05, 4.69) is 30.9 Å². The minimum Gasteiger partial charge on any atom is -0.330 e. The third kappa shape index (κ3) is 2.94. The van der Waals surface area contributed by atoms with Crippen molar-refractivity contribution in [2.24, 2.45) is 5.73 Å². The van der Waals surface area contributed by atoms with Crippen LogP contribution in [0.5, 0.6) is 0 Å². The molecule has 1 rings (SSSR count). The molecule has 0 aromatic rings. The molecule has 84 valence electrons. The number of nitrogens with two attached hydrogens (primary N) is 1. The van der Waals surface area contributed by atoms with E-state index in [9.17, 15) is 0 Å². The van der Waals surface area contributed by atoms with Gasteiger partial charge in [-0.05, 0) is 59.9 Å². The van der Waals surface area contributed by atoms with Gasteiger partial charge in [-0.2, -0.15) is 0 Å². The molecular weight excluding hydrogens is 174 g/mol. The summed E-state index contributed by atoms with van der Waals surface area (Å²) in [5, 5.41) is 0. The van der Waals surface area contributed by atoms with Crippen LogP contribution in [0.25, 0.3) is 0 Å². The summed E-state index contributed by atoms with van der Waals surface area (Å²) in [6.45, 7) is 2.07. The molecule has 1 heterocycles. The van der Waals surface area contributed by atoms with E-state index in [0.29, 0.717) is 6.04 Å². The van der Waals surface area contributed by atoms with Gasteiger partial charge < -0.3 is 15.5 Å². The summed E-state index contributed by atoms with van der Waals surface area (Å²) in [5.41, 5.74) is 5.58. The summed E-state index contributed by atoms with van der Waals surface area (Å²) in [4.78, 5) is 4.88. The van der Waals surface area contributed by atoms with E-state index in [1.165, 1.54) is 25.8 Å². The van der Waals surface area contributed by atoms with E-state index in [0.717, 1.165) is 19.0 Å². The lowest BCUT2D eigenvalue weighted by Crippen LogP contribution is -2.52. The second-order valence-corrected chi connectivity index (χ2v) is 4.65. The van der Waals surface area contributed by atoms with E-state index >= 15 is 0 Å². The van der Waals surface area contributed by atoms with Gasteiger partial charge in [-0.1, -0.05) is 0 Å². The Hall–Kier alpha value is -0.120. The van der Waals surface area contributed by atoms with Crippen LogP contribution in [-0.2, 0) is 0 Å². The molecule has 0 aromatic heterocycles. The Kier molecular flexibility index (Phi) is 4.85. The van der Waals surface area contributed by atoms with Crippen molar-refractivity contribution in [2.45, 2.75) is 37.8 Å². The van der Waals surface area contributed by atoms with E-state index in [1.54, 1.807) is 0 Å². The predicted octanol–water partition coefficient (Wildman–Crippen LogP) is 0.750. The van der Waals surface area contributed by atoms with Gasteiger partial charge in [-0.25, -0.2) is 0 Å². The first-order valence-electron chi connectivity index (χ1n) is 5.73. The number of rotatable bonds is 4. The molecule has 1 saturated heterocycles. The van der Waals surface area contributed by atoms with Crippen LogP contribution in [0.4, 0.5) is 0 Å². The van der Waals surface area contributed by atoms with Gasteiger partial charge in [0.05, 0.1) is 0 Å². The summed E-state index contributed by atoms with van der Waals surface area (Å²) in [5.74, 6) is 0. The molecule has 0 bridgehead atoms. The third-order valence-corrected chi connectivity index (χ3v) is 3.39. The SMILES string of the molecule is CN(C)C1CCCN(C)C1CCCN. The van der Waals surface area contributed by atoms with Gasteiger partial charge in [-0.15, -0.1) is 0 Å². The van der Waals surface area contributed by atoms with Crippen LogP contribution in [0.2, 0.25) is 0 Å². The topological polar surface area (TPSA) is 32.5 Å². The summed E-state index contributed by atoms with van der Waals surface area (Å²) in [7, 11) is 6.63. The average Bonchev–Trinajstić information content (AvgIpc) is 2.15. The molecule has 0 radical (unpaired) electrons. The number of nitrogens with zero attached hydrogens (tertiary/aromatic N) is 2. The summed E-state index contributed by atoms with van der Waals surface area (Å²) in [6, 6.07) is 1.43. The minimum absolute atomic E-state index is 0.710. The molecule has 14 heavy (non-hydrogen) atoms. The van der Waals surface area contributed by atoms with Crippen LogP contribution in [0.15, 0.2) is 0 Å². The number of hydrogen-bond donors (Lipinski definition) is 1. The third-order valence-electron chi connectivity index (χ3n) is 3.39. The molecular formula is C11H25N3. The van der Waals surface area contributed by atoms with Crippen molar-refractivity contribution in [3.63, 3.8) is 0 Å². The molecule has 0 spiro atoms. The maximum absolute atomic E-state index is 5.58. The molecule has 2 N–H and O–H groups in total. The molecule has 3 nitrogen and oxygen atoms in total. The predicted molar refractivity (Wildman–Crippen MR) is 61.4 cm³/mol. The van der Waals surface area contributed by atoms with E-state index in [1.807, 2.05) is 0 Å². The van der Waals surface area contributed by atoms with E-state index in [-0.39, 0.29) is 0 Å². The quantitative estimate of drug-likeness (QED) is 0.725. The van der Waals surface area contributed by atoms with Crippen LogP contribution >= 0.6 is 0 Å². The van der Waals surface area contributed by atoms with Gasteiger partial charge in [0.2, 0.25) is 0 Å². The van der Waals surface area contributed by atoms with Crippen LogP contribution in [0, 0.1) is 0 Å². The first kappa shape index (κ1) is 12.0. The van der Waals surface area contributed by atoms with Gasteiger partial charge in [0.1, 0.15) is 0 Å². The molecule has 0 saturated carbocycles. The Balaban J connectivity index is 2.52. The normalized spacial score (nSPS) is 29.8. The highest BCUT2D eigenvalue weighted by Gasteiger charge is 2.29. The number of hydrogen-bond acceptors (Lipinski definition) is 3. The minimum atomic E-state index is 0.710. The zero-order chi connectivity index (χ0) is 10.6. The molecule has 0 amide bonds. The highest BCUT2D eigenvalue weighted by atomic mass is 15.2. The fourth-order valence-corrected chi connectivity index (χ4v) is 2.54. The fraction of sp³-hybridized carbons (Fsp3) is 1.00. The van der Waals surface area contributed by atoms with Crippen LogP contribution in [0.3, 0.4) is 0 Å². The maximum atomic E-state index is 5.58. The largest absolute Gasteiger partial charge is 0.330 e. The molecule has 2 atom stereocenters. The summed E-state index contributed by atoms with van der Waals surface area (Å²) < 4.78 is 0. The fourth-order valence-electron chi connectivity index (χ4n) is 2.54. The highest BCUT2D eigenvalue weighted by molar-refractivity contribution is 4.87. The van der Waals surface area contributed by atoms with Crippen LogP contribution in [-0.4, -0.2) is 56.1 Å². The second-order valence-electron chi connectivity index (χ2n) is 4.65. The number of likely N-dealkylation sites (N-methyl/N-ethyl adjacent to an activating group) is 2. The Morgan fingerprint density at radius 1 is 1.43 bits per heavy atom. The highest BCUT2D eigenvalue weighted by Crippen LogP contribution is 2.22. The Labute approximate surface area is 88.2 Å². The Bertz CT molecular complexity index is 159.